The van der Waals surface area contributed by atoms with E-state index < -0.39 is 19.8 Å². The van der Waals surface area contributed by atoms with Crippen molar-refractivity contribution in [1.29, 1.82) is 0 Å². The molecule has 0 aliphatic heterocycles. The third-order valence-corrected chi connectivity index (χ3v) is 3.15. The molecule has 0 fully saturated rings. The van der Waals surface area contributed by atoms with E-state index >= 15 is 0 Å². The van der Waals surface area contributed by atoms with Crippen molar-refractivity contribution in [2.45, 2.75) is 86.0 Å². The number of carbonyl (C=O) groups is 1. The summed E-state index contributed by atoms with van der Waals surface area (Å²) in [7, 11) is 0. The van der Waals surface area contributed by atoms with Crippen LogP contribution in [0, 0.1) is 0 Å². The Morgan fingerprint density at radius 2 is 1.24 bits per heavy atom. The molecule has 21 heavy (non-hydrogen) atoms. The molecular weight excluding hydrogens is 387 g/mol. The molecule has 0 aromatic heterocycles. The molecule has 127 valence electrons. The van der Waals surface area contributed by atoms with E-state index in [1.54, 1.807) is 0 Å². The second-order valence-corrected chi connectivity index (χ2v) is 14.9. The zero-order valence-corrected chi connectivity index (χ0v) is 18.5. The Bertz CT molecular complexity index is 208. The van der Waals surface area contributed by atoms with Gasteiger partial charge in [-0.05, 0) is 6.42 Å². The van der Waals surface area contributed by atoms with Crippen molar-refractivity contribution in [3.05, 3.63) is 0 Å². The zero-order chi connectivity index (χ0) is 16.3. The Morgan fingerprint density at radius 3 is 1.62 bits per heavy atom. The van der Waals surface area contributed by atoms with Gasteiger partial charge in [0.05, 0.1) is 12.4 Å². The van der Waals surface area contributed by atoms with Crippen LogP contribution in [0.4, 0.5) is 0 Å². The summed E-state index contributed by atoms with van der Waals surface area (Å²) >= 11 is 3.30. The monoisotopic (exact) mass is 425 g/mol. The van der Waals surface area contributed by atoms with Crippen molar-refractivity contribution < 1.29 is 9.53 Å². The van der Waals surface area contributed by atoms with Gasteiger partial charge in [-0.15, -0.1) is 0 Å². The number of rotatable bonds is 12. The Kier molecular flexibility index (Phi) is 23.4. The average Bonchev–Trinajstić information content (AvgIpc) is 2.43. The first-order valence-electron chi connectivity index (χ1n) is 8.57. The van der Waals surface area contributed by atoms with Gasteiger partial charge in [-0.1, -0.05) is 64.7 Å². The second-order valence-electron chi connectivity index (χ2n) is 6.06. The van der Waals surface area contributed by atoms with E-state index in [2.05, 4.69) is 34.4 Å². The van der Waals surface area contributed by atoms with Crippen LogP contribution >= 0.6 is 12.6 Å². The minimum atomic E-state index is -0.543. The number of hydrogen-bond acceptors (Lipinski definition) is 3. The van der Waals surface area contributed by atoms with Gasteiger partial charge < -0.3 is 4.74 Å². The van der Waals surface area contributed by atoms with Gasteiger partial charge in [-0.25, -0.2) is 0 Å². The van der Waals surface area contributed by atoms with E-state index in [0.29, 0.717) is 6.61 Å². The minimum absolute atomic E-state index is 0.192. The number of unbranched alkanes of at least 4 members (excludes halogenated alkanes) is 9. The Balaban J connectivity index is 0. The quantitative estimate of drug-likeness (QED) is 0.187. The predicted octanol–water partition coefficient (Wildman–Crippen LogP) is 5.75. The van der Waals surface area contributed by atoms with Crippen molar-refractivity contribution in [1.82, 2.24) is 0 Å². The molecule has 0 bridgehead atoms. The van der Waals surface area contributed by atoms with Gasteiger partial charge in [-0.2, -0.15) is 12.6 Å². The van der Waals surface area contributed by atoms with E-state index in [4.69, 9.17) is 4.74 Å². The first-order chi connectivity index (χ1) is 10.0. The van der Waals surface area contributed by atoms with Crippen LogP contribution in [-0.2, 0) is 9.53 Å². The summed E-state index contributed by atoms with van der Waals surface area (Å²) in [6.07, 6.45) is 13.0. The number of ether oxygens (including phenoxy) is 1. The maximum atomic E-state index is 10.8. The third-order valence-electron chi connectivity index (χ3n) is 2.89. The number of thiol groups is 1. The number of hydrogen-bond donors (Lipinski definition) is 1. The van der Waals surface area contributed by atoms with Crippen LogP contribution in [0.3, 0.4) is 0 Å². The Hall–Kier alpha value is 0.619. The fourth-order valence-electron chi connectivity index (χ4n) is 1.82. The Labute approximate surface area is 145 Å². The standard InChI is InChI=1S/C14H28O2S.3CH3.Sn/c1-2-3-4-5-6-7-8-9-10-11-12-16-14(15)13-17;;;;/h17H,2-13H2,1H3;3*1H3;. The zero-order valence-electron chi connectivity index (χ0n) is 14.7. The molecule has 0 unspecified atom stereocenters. The third kappa shape index (κ3) is 29.3. The summed E-state index contributed by atoms with van der Waals surface area (Å²) < 4.78 is 4.95. The van der Waals surface area contributed by atoms with Crippen molar-refractivity contribution in [3.8, 4) is 0 Å². The molecule has 0 aromatic rings. The molecule has 0 saturated carbocycles. The van der Waals surface area contributed by atoms with E-state index in [1.165, 1.54) is 57.8 Å². The Morgan fingerprint density at radius 1 is 0.857 bits per heavy atom. The molecule has 0 amide bonds. The average molecular weight is 424 g/mol. The molecule has 0 spiro atoms. The molecule has 1 radical (unpaired) electrons. The van der Waals surface area contributed by atoms with Gasteiger partial charge in [0.25, 0.3) is 0 Å². The first-order valence-corrected chi connectivity index (χ1v) is 17.8. The molecule has 0 heterocycles. The second kappa shape index (κ2) is 20.6. The fraction of sp³-hybridized carbons (Fsp3) is 0.941. The van der Waals surface area contributed by atoms with E-state index in [1.807, 2.05) is 0 Å². The van der Waals surface area contributed by atoms with Crippen molar-refractivity contribution in [2.75, 3.05) is 12.4 Å². The van der Waals surface area contributed by atoms with Crippen LogP contribution in [-0.4, -0.2) is 38.1 Å². The van der Waals surface area contributed by atoms with Crippen molar-refractivity contribution in [2.24, 2.45) is 0 Å². The fourth-order valence-corrected chi connectivity index (χ4v) is 1.91. The summed E-state index contributed by atoms with van der Waals surface area (Å²) in [6, 6.07) is 0. The molecule has 0 rings (SSSR count). The SMILES string of the molecule is CCCCCCCCCCCCOC(=O)CS.[CH3][Sn]([CH3])[CH3]. The van der Waals surface area contributed by atoms with Crippen LogP contribution in [0.2, 0.25) is 14.8 Å². The van der Waals surface area contributed by atoms with E-state index in [-0.39, 0.29) is 11.7 Å². The number of esters is 1. The van der Waals surface area contributed by atoms with E-state index in [9.17, 15) is 4.79 Å². The molecule has 0 aliphatic carbocycles. The van der Waals surface area contributed by atoms with E-state index in [0.717, 1.165) is 6.42 Å². The summed E-state index contributed by atoms with van der Waals surface area (Å²) in [5.41, 5.74) is 0. The van der Waals surface area contributed by atoms with Crippen LogP contribution in [0.25, 0.3) is 0 Å². The summed E-state index contributed by atoms with van der Waals surface area (Å²) in [5.74, 6) is -0.0122. The predicted molar refractivity (Wildman–Crippen MR) is 100 cm³/mol. The molecule has 2 nitrogen and oxygen atoms in total. The van der Waals surface area contributed by atoms with Gasteiger partial charge in [0.15, 0.2) is 0 Å². The van der Waals surface area contributed by atoms with Crippen LogP contribution < -0.4 is 0 Å². The van der Waals surface area contributed by atoms with Gasteiger partial charge in [0.2, 0.25) is 0 Å². The topological polar surface area (TPSA) is 26.3 Å². The molecule has 0 saturated heterocycles. The molecule has 0 atom stereocenters. The molecular formula is C17H37O2SSn. The van der Waals surface area contributed by atoms with Gasteiger partial charge in [0, 0.05) is 0 Å². The molecule has 4 heteroatoms. The van der Waals surface area contributed by atoms with Crippen LogP contribution in [0.5, 0.6) is 0 Å². The van der Waals surface area contributed by atoms with Gasteiger partial charge >= 0.3 is 40.5 Å². The van der Waals surface area contributed by atoms with Crippen LogP contribution in [0.1, 0.15) is 71.1 Å². The van der Waals surface area contributed by atoms with Crippen molar-refractivity contribution in [3.63, 3.8) is 0 Å². The summed E-state index contributed by atoms with van der Waals surface area (Å²) in [4.78, 5) is 17.9. The van der Waals surface area contributed by atoms with Gasteiger partial charge in [-0.3, -0.25) is 4.79 Å². The summed E-state index contributed by atoms with van der Waals surface area (Å²) in [5, 5.41) is 0. The van der Waals surface area contributed by atoms with Gasteiger partial charge in [0.1, 0.15) is 0 Å². The maximum absolute atomic E-state index is 10.8. The first kappa shape index (κ1) is 23.9. The molecule has 0 N–H and O–H groups in total. The van der Waals surface area contributed by atoms with Crippen molar-refractivity contribution >= 4 is 38.4 Å². The normalized spacial score (nSPS) is 10.2. The molecule has 0 aliphatic rings. The summed E-state index contributed by atoms with van der Waals surface area (Å²) in [6.45, 7) is 2.82. The van der Waals surface area contributed by atoms with Crippen LogP contribution in [0.15, 0.2) is 0 Å². The molecule has 0 aromatic carbocycles. The number of carbonyl (C=O) groups excluding carboxylic acids is 1.